The van der Waals surface area contributed by atoms with E-state index >= 15 is 0 Å². The van der Waals surface area contributed by atoms with Gasteiger partial charge in [-0.05, 0) is 106 Å². The van der Waals surface area contributed by atoms with Crippen molar-refractivity contribution in [2.24, 2.45) is 10.8 Å². The molecular weight excluding hydrogens is 739 g/mol. The van der Waals surface area contributed by atoms with E-state index in [4.69, 9.17) is 31.2 Å². The van der Waals surface area contributed by atoms with Gasteiger partial charge in [0.2, 0.25) is 0 Å². The Bertz CT molecular complexity index is 2400. The van der Waals surface area contributed by atoms with Crippen molar-refractivity contribution in [2.45, 2.75) is 99.3 Å². The fourth-order valence-corrected chi connectivity index (χ4v) is 8.33. The quantitative estimate of drug-likeness (QED) is 0.104. The first kappa shape index (κ1) is 42.4. The summed E-state index contributed by atoms with van der Waals surface area (Å²) in [6.45, 7) is 22.4. The minimum absolute atomic E-state index is 0.0702. The number of carboxylic acids is 1. The number of aromatic hydroxyl groups is 2. The Balaban J connectivity index is 0.000000512. The Labute approximate surface area is 346 Å². The summed E-state index contributed by atoms with van der Waals surface area (Å²) in [5.41, 5.74) is 13.3. The molecule has 7 rings (SSSR count). The number of benzene rings is 5. The highest BCUT2D eigenvalue weighted by Crippen LogP contribution is 2.43. The van der Waals surface area contributed by atoms with Gasteiger partial charge in [-0.2, -0.15) is 0 Å². The molecule has 5 aromatic carbocycles. The summed E-state index contributed by atoms with van der Waals surface area (Å²) in [4.78, 5) is 13.3. The first-order chi connectivity index (χ1) is 27.5. The van der Waals surface area contributed by atoms with Crippen LogP contribution in [0.1, 0.15) is 115 Å². The van der Waals surface area contributed by atoms with Crippen LogP contribution in [-0.2, 0) is 17.3 Å². The second kappa shape index (κ2) is 15.8. The normalized spacial score (nSPS) is 12.4. The van der Waals surface area contributed by atoms with E-state index in [0.29, 0.717) is 28.2 Å². The number of aromatic nitrogens is 6. The minimum atomic E-state index is -0.931. The molecule has 0 unspecified atom stereocenters. The van der Waals surface area contributed by atoms with Gasteiger partial charge < -0.3 is 21.1 Å². The Kier molecular flexibility index (Phi) is 11.4. The summed E-state index contributed by atoms with van der Waals surface area (Å²) in [5, 5.41) is 51.4. The first-order valence-electron chi connectivity index (χ1n) is 20.0. The summed E-state index contributed by atoms with van der Waals surface area (Å²) >= 11 is 0. The number of carboxylic acid groups (broad SMARTS) is 1. The van der Waals surface area contributed by atoms with Crippen molar-refractivity contribution in [1.82, 2.24) is 30.0 Å². The Morgan fingerprint density at radius 2 is 0.898 bits per heavy atom. The van der Waals surface area contributed by atoms with Gasteiger partial charge in [0.1, 0.15) is 44.9 Å². The summed E-state index contributed by atoms with van der Waals surface area (Å²) in [7, 11) is 0. The Hall–Kier alpha value is -6.23. The van der Waals surface area contributed by atoms with E-state index in [1.807, 2.05) is 60.7 Å². The fourth-order valence-electron chi connectivity index (χ4n) is 8.33. The van der Waals surface area contributed by atoms with Crippen molar-refractivity contribution in [3.05, 3.63) is 125 Å². The largest absolute Gasteiger partial charge is 0.505 e. The highest BCUT2D eigenvalue weighted by Gasteiger charge is 2.32. The van der Waals surface area contributed by atoms with E-state index < -0.39 is 5.97 Å². The smallest absolute Gasteiger partial charge is 0.335 e. The zero-order valence-corrected chi connectivity index (χ0v) is 35.9. The molecule has 11 nitrogen and oxygen atoms in total. The number of phenols is 2. The lowest BCUT2D eigenvalue weighted by molar-refractivity contribution is 0.0697. The number of carbonyl (C=O) groups is 1. The lowest BCUT2D eigenvalue weighted by atomic mass is 9.71. The van der Waals surface area contributed by atoms with Crippen molar-refractivity contribution in [3.63, 3.8) is 0 Å². The molecule has 0 radical (unpaired) electrons. The van der Waals surface area contributed by atoms with Crippen LogP contribution in [0.5, 0.6) is 11.5 Å². The van der Waals surface area contributed by atoms with Crippen LogP contribution in [-0.4, -0.2) is 51.3 Å². The molecule has 0 saturated carbocycles. The lowest BCUT2D eigenvalue weighted by Crippen LogP contribution is -2.25. The lowest BCUT2D eigenvalue weighted by Gasteiger charge is -2.34. The number of anilines is 1. The van der Waals surface area contributed by atoms with Gasteiger partial charge in [0.25, 0.3) is 0 Å². The highest BCUT2D eigenvalue weighted by molar-refractivity contribution is 5.87. The van der Waals surface area contributed by atoms with Crippen molar-refractivity contribution in [2.75, 3.05) is 5.73 Å². The van der Waals surface area contributed by atoms with Crippen LogP contribution in [0, 0.1) is 10.8 Å². The number of nitrogen functional groups attached to an aromatic ring is 1. The molecular formula is C48H57N7O4. The SMILES string of the molecule is CC(C)(C)CC(C)(C)c1cc(Cc2cc(C(C)(C)CC(C)(C)C)cc(-n3nc4ccccc4n3)c2O)c(O)c(-n2nc3ccccc3n2)c1.Nc1ccc(C(=O)O)cc1. The molecule has 308 valence electrons. The molecule has 7 aromatic rings. The van der Waals surface area contributed by atoms with E-state index in [1.165, 1.54) is 21.7 Å². The van der Waals surface area contributed by atoms with Crippen LogP contribution >= 0.6 is 0 Å². The molecule has 0 aliphatic rings. The molecule has 0 atom stereocenters. The number of nitrogens with zero attached hydrogens (tertiary/aromatic N) is 6. The molecule has 59 heavy (non-hydrogen) atoms. The molecule has 0 aliphatic heterocycles. The van der Waals surface area contributed by atoms with E-state index in [1.54, 1.807) is 12.1 Å². The monoisotopic (exact) mass is 795 g/mol. The van der Waals surface area contributed by atoms with Crippen LogP contribution in [0.2, 0.25) is 0 Å². The molecule has 0 amide bonds. The van der Waals surface area contributed by atoms with E-state index in [2.05, 4.69) is 81.4 Å². The maximum atomic E-state index is 12.0. The van der Waals surface area contributed by atoms with E-state index in [9.17, 15) is 15.0 Å². The molecule has 0 spiro atoms. The second-order valence-electron chi connectivity index (χ2n) is 19.3. The van der Waals surface area contributed by atoms with Crippen molar-refractivity contribution < 1.29 is 20.1 Å². The molecule has 0 saturated heterocycles. The predicted molar refractivity (Wildman–Crippen MR) is 236 cm³/mol. The summed E-state index contributed by atoms with van der Waals surface area (Å²) in [6.07, 6.45) is 2.11. The summed E-state index contributed by atoms with van der Waals surface area (Å²) < 4.78 is 0. The standard InChI is InChI=1S/C41H50N6O2.C7H7NO2/c1-38(2,3)24-40(7,8)28-20-26(36(48)34(22-28)46-42-30-15-11-12-16-31(30)43-46)19-27-21-29(41(9,10)25-39(4,5)6)23-35(37(27)49)47-44-32-17-13-14-18-33(32)45-47;8-6-3-1-5(2-4-6)7(9)10/h11-18,20-23,48-49H,19,24-25H2,1-10H3;1-4H,8H2,(H,9,10). The zero-order chi connectivity index (χ0) is 43.1. The average Bonchev–Trinajstić information content (AvgIpc) is 3.76. The zero-order valence-electron chi connectivity index (χ0n) is 35.9. The van der Waals surface area contributed by atoms with Gasteiger partial charge in [0.15, 0.2) is 0 Å². The van der Waals surface area contributed by atoms with Gasteiger partial charge >= 0.3 is 5.97 Å². The van der Waals surface area contributed by atoms with Crippen LogP contribution in [0.15, 0.2) is 97.1 Å². The van der Waals surface area contributed by atoms with E-state index in [0.717, 1.165) is 46.0 Å². The van der Waals surface area contributed by atoms with Crippen molar-refractivity contribution in [1.29, 1.82) is 0 Å². The van der Waals surface area contributed by atoms with Crippen LogP contribution in [0.4, 0.5) is 5.69 Å². The van der Waals surface area contributed by atoms with Gasteiger partial charge in [-0.1, -0.05) is 106 Å². The number of hydrogen-bond donors (Lipinski definition) is 4. The minimum Gasteiger partial charge on any atom is -0.505 e. The number of rotatable bonds is 9. The third-order valence-electron chi connectivity index (χ3n) is 10.4. The predicted octanol–water partition coefficient (Wildman–Crippen LogP) is 10.6. The summed E-state index contributed by atoms with van der Waals surface area (Å²) in [5.74, 6) is -0.766. The number of nitrogens with two attached hydrogens (primary N) is 1. The van der Waals surface area contributed by atoms with Gasteiger partial charge in [-0.3, -0.25) is 0 Å². The van der Waals surface area contributed by atoms with Crippen LogP contribution < -0.4 is 5.73 Å². The van der Waals surface area contributed by atoms with Crippen molar-refractivity contribution in [3.8, 4) is 22.9 Å². The number of fused-ring (bicyclic) bond motifs is 2. The molecule has 2 aromatic heterocycles. The molecule has 0 fully saturated rings. The maximum absolute atomic E-state index is 12.0. The first-order valence-corrected chi connectivity index (χ1v) is 20.0. The topological polar surface area (TPSA) is 165 Å². The Morgan fingerprint density at radius 1 is 0.559 bits per heavy atom. The fraction of sp³-hybridized carbons (Fsp3) is 0.354. The maximum Gasteiger partial charge on any atom is 0.335 e. The second-order valence-corrected chi connectivity index (χ2v) is 19.3. The average molecular weight is 796 g/mol. The van der Waals surface area contributed by atoms with Gasteiger partial charge in [-0.25, -0.2) is 4.79 Å². The third-order valence-corrected chi connectivity index (χ3v) is 10.4. The van der Waals surface area contributed by atoms with Gasteiger partial charge in [0, 0.05) is 23.2 Å². The van der Waals surface area contributed by atoms with Gasteiger partial charge in [0.05, 0.1) is 5.56 Å². The third kappa shape index (κ3) is 9.91. The summed E-state index contributed by atoms with van der Waals surface area (Å²) in [6, 6.07) is 29.6. The number of phenolic OH excluding ortho intramolecular Hbond substituents is 2. The molecule has 0 bridgehead atoms. The molecule has 0 aliphatic carbocycles. The van der Waals surface area contributed by atoms with Crippen LogP contribution in [0.3, 0.4) is 0 Å². The van der Waals surface area contributed by atoms with Crippen molar-refractivity contribution >= 4 is 33.7 Å². The molecule has 5 N–H and O–H groups in total. The number of aromatic carboxylic acids is 1. The molecule has 11 heteroatoms. The van der Waals surface area contributed by atoms with E-state index in [-0.39, 0.29) is 45.1 Å². The highest BCUT2D eigenvalue weighted by atomic mass is 16.4. The molecule has 2 heterocycles. The van der Waals surface area contributed by atoms with Crippen LogP contribution in [0.25, 0.3) is 33.4 Å². The van der Waals surface area contributed by atoms with Gasteiger partial charge in [-0.15, -0.1) is 30.0 Å². The Morgan fingerprint density at radius 3 is 1.20 bits per heavy atom. The number of hydrogen-bond acceptors (Lipinski definition) is 8.